The molecule has 2 rings (SSSR count). The largest absolute Gasteiger partial charge is 0.383 e. The zero-order chi connectivity index (χ0) is 19.5. The summed E-state index contributed by atoms with van der Waals surface area (Å²) in [5, 5.41) is 17.9. The molecule has 0 aromatic heterocycles. The molecule has 2 N–H and O–H groups in total. The SMILES string of the molecule is COCCNC(=NCc1ccc([N+](=O)[O-])cc1)NCCc1ccc(Cl)cc1.I. The molecule has 0 unspecified atom stereocenters. The Morgan fingerprint density at radius 2 is 1.68 bits per heavy atom. The average molecular weight is 519 g/mol. The van der Waals surface area contributed by atoms with Gasteiger partial charge >= 0.3 is 0 Å². The van der Waals surface area contributed by atoms with Crippen LogP contribution in [0.5, 0.6) is 0 Å². The van der Waals surface area contributed by atoms with Gasteiger partial charge in [-0.2, -0.15) is 0 Å². The molecule has 0 atom stereocenters. The molecular weight excluding hydrogens is 495 g/mol. The molecular formula is C19H24ClIN4O3. The molecule has 152 valence electrons. The average Bonchev–Trinajstić information content (AvgIpc) is 2.67. The van der Waals surface area contributed by atoms with Gasteiger partial charge in [-0.3, -0.25) is 10.1 Å². The van der Waals surface area contributed by atoms with Crippen LogP contribution in [0.2, 0.25) is 5.02 Å². The van der Waals surface area contributed by atoms with E-state index in [-0.39, 0.29) is 29.7 Å². The van der Waals surface area contributed by atoms with E-state index >= 15 is 0 Å². The van der Waals surface area contributed by atoms with Crippen molar-refractivity contribution in [2.45, 2.75) is 13.0 Å². The fourth-order valence-electron chi connectivity index (χ4n) is 2.32. The van der Waals surface area contributed by atoms with Crippen molar-refractivity contribution in [1.82, 2.24) is 10.6 Å². The van der Waals surface area contributed by atoms with E-state index in [1.165, 1.54) is 17.7 Å². The van der Waals surface area contributed by atoms with Gasteiger partial charge in [-0.25, -0.2) is 4.99 Å². The molecule has 0 aliphatic rings. The van der Waals surface area contributed by atoms with Crippen LogP contribution in [0.4, 0.5) is 5.69 Å². The second kappa shape index (κ2) is 13.3. The van der Waals surface area contributed by atoms with E-state index < -0.39 is 4.92 Å². The molecule has 9 heteroatoms. The van der Waals surface area contributed by atoms with Gasteiger partial charge in [0.25, 0.3) is 5.69 Å². The van der Waals surface area contributed by atoms with Crippen molar-refractivity contribution in [2.75, 3.05) is 26.8 Å². The number of guanidine groups is 1. The second-order valence-corrected chi connectivity index (χ2v) is 6.25. The summed E-state index contributed by atoms with van der Waals surface area (Å²) in [6, 6.07) is 14.1. The van der Waals surface area contributed by atoms with Crippen LogP contribution >= 0.6 is 35.6 Å². The van der Waals surface area contributed by atoms with E-state index in [2.05, 4.69) is 15.6 Å². The van der Waals surface area contributed by atoms with Gasteiger partial charge in [0.15, 0.2) is 5.96 Å². The standard InChI is InChI=1S/C19H23ClN4O3.HI/c1-27-13-12-22-19(21-11-10-15-2-6-17(20)7-3-15)23-14-16-4-8-18(9-5-16)24(25)26;/h2-9H,10-14H2,1H3,(H2,21,22,23);1H. The number of ether oxygens (including phenoxy) is 1. The van der Waals surface area contributed by atoms with E-state index in [0.29, 0.717) is 32.2 Å². The van der Waals surface area contributed by atoms with Crippen LogP contribution < -0.4 is 10.6 Å². The van der Waals surface area contributed by atoms with Gasteiger partial charge in [-0.1, -0.05) is 35.9 Å². The summed E-state index contributed by atoms with van der Waals surface area (Å²) < 4.78 is 5.05. The van der Waals surface area contributed by atoms with Gasteiger partial charge < -0.3 is 15.4 Å². The highest BCUT2D eigenvalue weighted by molar-refractivity contribution is 14.0. The van der Waals surface area contributed by atoms with Crippen LogP contribution in [0.15, 0.2) is 53.5 Å². The molecule has 2 aromatic carbocycles. The summed E-state index contributed by atoms with van der Waals surface area (Å²) in [5.41, 5.74) is 2.15. The van der Waals surface area contributed by atoms with E-state index in [0.717, 1.165) is 17.0 Å². The topological polar surface area (TPSA) is 88.8 Å². The van der Waals surface area contributed by atoms with Crippen molar-refractivity contribution in [1.29, 1.82) is 0 Å². The minimum absolute atomic E-state index is 0. The van der Waals surface area contributed by atoms with Crippen LogP contribution in [0.25, 0.3) is 0 Å². The van der Waals surface area contributed by atoms with E-state index in [1.54, 1.807) is 19.2 Å². The summed E-state index contributed by atoms with van der Waals surface area (Å²) in [6.07, 6.45) is 0.833. The third-order valence-corrected chi connectivity index (χ3v) is 4.04. The number of hydrogen-bond donors (Lipinski definition) is 2. The van der Waals surface area contributed by atoms with Gasteiger partial charge in [-0.15, -0.1) is 24.0 Å². The van der Waals surface area contributed by atoms with E-state index in [1.807, 2.05) is 24.3 Å². The number of rotatable bonds is 9. The molecule has 7 nitrogen and oxygen atoms in total. The summed E-state index contributed by atoms with van der Waals surface area (Å²) in [7, 11) is 1.64. The first-order valence-electron chi connectivity index (χ1n) is 8.57. The van der Waals surface area contributed by atoms with Crippen molar-refractivity contribution in [2.24, 2.45) is 4.99 Å². The maximum absolute atomic E-state index is 10.7. The summed E-state index contributed by atoms with van der Waals surface area (Å²) >= 11 is 5.90. The molecule has 0 aliphatic carbocycles. The maximum atomic E-state index is 10.7. The number of hydrogen-bond acceptors (Lipinski definition) is 4. The summed E-state index contributed by atoms with van der Waals surface area (Å²) in [5.74, 6) is 0.666. The lowest BCUT2D eigenvalue weighted by Gasteiger charge is -2.12. The van der Waals surface area contributed by atoms with Gasteiger partial charge in [0.1, 0.15) is 0 Å². The van der Waals surface area contributed by atoms with Crippen LogP contribution in [-0.4, -0.2) is 37.7 Å². The van der Waals surface area contributed by atoms with E-state index in [4.69, 9.17) is 16.3 Å². The Hall–Kier alpha value is -1.91. The highest BCUT2D eigenvalue weighted by atomic mass is 127. The zero-order valence-corrected chi connectivity index (χ0v) is 18.6. The van der Waals surface area contributed by atoms with Gasteiger partial charge in [-0.05, 0) is 29.7 Å². The molecule has 0 saturated heterocycles. The van der Waals surface area contributed by atoms with Crippen molar-refractivity contribution in [3.63, 3.8) is 0 Å². The quantitative estimate of drug-likeness (QED) is 0.132. The maximum Gasteiger partial charge on any atom is 0.269 e. The lowest BCUT2D eigenvalue weighted by atomic mass is 10.1. The van der Waals surface area contributed by atoms with Crippen molar-refractivity contribution >= 4 is 47.2 Å². The van der Waals surface area contributed by atoms with Crippen molar-refractivity contribution < 1.29 is 9.66 Å². The predicted molar refractivity (Wildman–Crippen MR) is 123 cm³/mol. The molecule has 0 saturated carbocycles. The molecule has 0 radical (unpaired) electrons. The van der Waals surface area contributed by atoms with Crippen LogP contribution in [-0.2, 0) is 17.7 Å². The van der Waals surface area contributed by atoms with Gasteiger partial charge in [0.05, 0.1) is 18.1 Å². The molecule has 0 fully saturated rings. The Bertz CT molecular complexity index is 755. The monoisotopic (exact) mass is 518 g/mol. The first kappa shape index (κ1) is 24.1. The lowest BCUT2D eigenvalue weighted by molar-refractivity contribution is -0.384. The highest BCUT2D eigenvalue weighted by Gasteiger charge is 2.04. The zero-order valence-electron chi connectivity index (χ0n) is 15.6. The predicted octanol–water partition coefficient (Wildman–Crippen LogP) is 3.79. The third kappa shape index (κ3) is 8.85. The van der Waals surface area contributed by atoms with Gasteiger partial charge in [0, 0.05) is 37.4 Å². The number of nitrogens with one attached hydrogen (secondary N) is 2. The Morgan fingerprint density at radius 3 is 2.29 bits per heavy atom. The lowest BCUT2D eigenvalue weighted by Crippen LogP contribution is -2.40. The smallest absolute Gasteiger partial charge is 0.269 e. The first-order chi connectivity index (χ1) is 13.1. The Kier molecular flexibility index (Phi) is 11.5. The fourth-order valence-corrected chi connectivity index (χ4v) is 2.44. The molecule has 0 spiro atoms. The highest BCUT2D eigenvalue weighted by Crippen LogP contribution is 2.12. The molecule has 2 aromatic rings. The van der Waals surface area contributed by atoms with Crippen molar-refractivity contribution in [3.8, 4) is 0 Å². The number of halogens is 2. The number of nitrogens with zero attached hydrogens (tertiary/aromatic N) is 2. The Balaban J connectivity index is 0.00000392. The molecule has 0 bridgehead atoms. The number of nitro groups is 1. The molecule has 0 heterocycles. The molecule has 0 amide bonds. The molecule has 28 heavy (non-hydrogen) atoms. The Morgan fingerprint density at radius 1 is 1.07 bits per heavy atom. The van der Waals surface area contributed by atoms with Crippen molar-refractivity contribution in [3.05, 3.63) is 74.8 Å². The number of methoxy groups -OCH3 is 1. The fraction of sp³-hybridized carbons (Fsp3) is 0.316. The minimum Gasteiger partial charge on any atom is -0.383 e. The van der Waals surface area contributed by atoms with Crippen LogP contribution in [0.3, 0.4) is 0 Å². The normalized spacial score (nSPS) is 10.9. The minimum atomic E-state index is -0.414. The third-order valence-electron chi connectivity index (χ3n) is 3.78. The van der Waals surface area contributed by atoms with Gasteiger partial charge in [0.2, 0.25) is 0 Å². The second-order valence-electron chi connectivity index (χ2n) is 5.81. The van der Waals surface area contributed by atoms with Crippen LogP contribution in [0, 0.1) is 10.1 Å². The number of non-ortho nitro benzene ring substituents is 1. The number of nitro benzene ring substituents is 1. The number of aliphatic imine (C=N–C) groups is 1. The summed E-state index contributed by atoms with van der Waals surface area (Å²) in [6.45, 7) is 2.32. The number of benzene rings is 2. The summed E-state index contributed by atoms with van der Waals surface area (Å²) in [4.78, 5) is 14.8. The molecule has 0 aliphatic heterocycles. The van der Waals surface area contributed by atoms with Crippen LogP contribution in [0.1, 0.15) is 11.1 Å². The first-order valence-corrected chi connectivity index (χ1v) is 8.95. The van der Waals surface area contributed by atoms with E-state index in [9.17, 15) is 10.1 Å². The Labute approximate surface area is 186 Å².